The van der Waals surface area contributed by atoms with E-state index in [1.165, 1.54) is 154 Å². The zero-order valence-corrected chi connectivity index (χ0v) is 43.8. The van der Waals surface area contributed by atoms with E-state index >= 15 is 0 Å². The highest BCUT2D eigenvalue weighted by Gasteiger charge is 2.31. The van der Waals surface area contributed by atoms with Crippen LogP contribution in [0.3, 0.4) is 0 Å². The molecule has 4 heterocycles. The zero-order chi connectivity index (χ0) is 51.2. The average molecular weight is 973 g/mol. The maximum Gasteiger partial charge on any atom is 0.0634 e. The summed E-state index contributed by atoms with van der Waals surface area (Å²) in [6.45, 7) is 14.0. The quantitative estimate of drug-likeness (QED) is 0.157. The molecule has 0 saturated carbocycles. The molecule has 15 aromatic rings. The first-order chi connectivity index (χ1) is 37.0. The molecule has 0 spiro atoms. The Balaban J connectivity index is 1.09. The maximum atomic E-state index is 2.59. The summed E-state index contributed by atoms with van der Waals surface area (Å²) in [5, 5.41) is 10.4. The molecule has 362 valence electrons. The van der Waals surface area contributed by atoms with Crippen molar-refractivity contribution in [3.63, 3.8) is 0 Å². The lowest BCUT2D eigenvalue weighted by Gasteiger charge is -2.25. The molecule has 0 amide bonds. The lowest BCUT2D eigenvalue weighted by atomic mass is 9.79. The van der Waals surface area contributed by atoms with Crippen molar-refractivity contribution in [1.82, 2.24) is 8.80 Å². The van der Waals surface area contributed by atoms with E-state index in [2.05, 4.69) is 281 Å². The monoisotopic (exact) mass is 972 g/mol. The molecule has 0 bridgehead atoms. The Kier molecular flexibility index (Phi) is 9.52. The molecule has 0 N–H and O–H groups in total. The van der Waals surface area contributed by atoms with E-state index in [1.54, 1.807) is 0 Å². The Morgan fingerprint density at radius 3 is 0.842 bits per heavy atom. The Labute approximate surface area is 443 Å². The molecular weight excluding hydrogens is 917 g/mol. The summed E-state index contributed by atoms with van der Waals surface area (Å²) in [5.41, 5.74) is 24.8. The van der Waals surface area contributed by atoms with Crippen molar-refractivity contribution < 1.29 is 0 Å². The van der Waals surface area contributed by atoms with Gasteiger partial charge in [0.15, 0.2) is 0 Å². The molecule has 0 fully saturated rings. The summed E-state index contributed by atoms with van der Waals surface area (Å²) in [7, 11) is 0. The van der Waals surface area contributed by atoms with Gasteiger partial charge in [-0.1, -0.05) is 211 Å². The van der Waals surface area contributed by atoms with Gasteiger partial charge in [0, 0.05) is 43.1 Å². The fraction of sp³-hybridized carbons (Fsp3) is 0.108. The second kappa shape index (κ2) is 16.3. The molecule has 0 aliphatic rings. The minimum Gasteiger partial charge on any atom is -0.308 e. The van der Waals surface area contributed by atoms with Crippen molar-refractivity contribution in [2.24, 2.45) is 0 Å². The predicted molar refractivity (Wildman–Crippen MR) is 326 cm³/mol. The van der Waals surface area contributed by atoms with E-state index in [9.17, 15) is 0 Å². The van der Waals surface area contributed by atoms with Crippen LogP contribution in [0, 0.1) is 0 Å². The van der Waals surface area contributed by atoms with E-state index in [4.69, 9.17) is 0 Å². The van der Waals surface area contributed by atoms with Crippen LogP contribution in [0.1, 0.15) is 52.7 Å². The number of hydrogen-bond donors (Lipinski definition) is 0. The maximum absolute atomic E-state index is 2.59. The number of benzene rings is 11. The van der Waals surface area contributed by atoms with Crippen LogP contribution in [0.2, 0.25) is 0 Å². The average Bonchev–Trinajstić information content (AvgIpc) is 3.98. The number of fused-ring (bicyclic) bond motifs is 14. The molecule has 0 saturated heterocycles. The summed E-state index contributed by atoms with van der Waals surface area (Å²) in [4.78, 5) is 0. The molecule has 2 heteroatoms. The first kappa shape index (κ1) is 44.5. The summed E-state index contributed by atoms with van der Waals surface area (Å²) >= 11 is 0. The molecular formula is C74H56N2. The number of hydrogen-bond acceptors (Lipinski definition) is 0. The molecule has 0 aliphatic carbocycles. The second-order valence-electron chi connectivity index (χ2n) is 23.2. The molecule has 0 atom stereocenters. The van der Waals surface area contributed by atoms with E-state index < -0.39 is 0 Å². The largest absolute Gasteiger partial charge is 0.308 e. The van der Waals surface area contributed by atoms with E-state index in [1.807, 2.05) is 0 Å². The van der Waals surface area contributed by atoms with Gasteiger partial charge in [-0.2, -0.15) is 0 Å². The van der Waals surface area contributed by atoms with Gasteiger partial charge in [-0.05, 0) is 149 Å². The standard InChI is InChI=1S/C74H56N2/c1-73(2,3)51-41-55(45-23-11-7-12-24-45)65(56(42-51)46-25-13-8-14-26-46)49-35-37-63-59(39-49)69-67-53-31-19-22-34-62(53)76-64-38-36-50(40-60(64)70(72(67)76)68-54-32-20-21-33-61(54)75(63)71(68)69)66-57(47-27-15-9-16-28-47)43-52(74(4,5)6)44-58(66)48-29-17-10-18-30-48/h7-44H,1-6H3. The van der Waals surface area contributed by atoms with Gasteiger partial charge in [0.05, 0.1) is 33.1 Å². The minimum absolute atomic E-state index is 0.0584. The van der Waals surface area contributed by atoms with Gasteiger partial charge in [-0.15, -0.1) is 0 Å². The van der Waals surface area contributed by atoms with Gasteiger partial charge < -0.3 is 8.80 Å². The van der Waals surface area contributed by atoms with Crippen LogP contribution in [0.5, 0.6) is 0 Å². The smallest absolute Gasteiger partial charge is 0.0634 e. The van der Waals surface area contributed by atoms with Crippen molar-refractivity contribution in [3.05, 3.63) is 242 Å². The van der Waals surface area contributed by atoms with Crippen LogP contribution in [-0.2, 0) is 10.8 Å². The van der Waals surface area contributed by atoms with Gasteiger partial charge in [0.25, 0.3) is 0 Å². The van der Waals surface area contributed by atoms with Gasteiger partial charge in [0.2, 0.25) is 0 Å². The van der Waals surface area contributed by atoms with Crippen LogP contribution in [0.25, 0.3) is 143 Å². The SMILES string of the molecule is CC(C)(C)c1cc(-c2ccccc2)c(-c2ccc3c(c2)c2c4c5ccccc5n5c6ccc(-c7c(-c8ccccc8)cc(C(C)(C)C)cc7-c7ccccc7)cc6c(c6c7ccccc7n3c62)c45)c(-c2ccccc2)c1. The zero-order valence-electron chi connectivity index (χ0n) is 43.8. The molecule has 4 aromatic heterocycles. The molecule has 0 aliphatic heterocycles. The van der Waals surface area contributed by atoms with E-state index in [-0.39, 0.29) is 10.8 Å². The van der Waals surface area contributed by atoms with Crippen molar-refractivity contribution in [3.8, 4) is 66.8 Å². The number of para-hydroxylation sites is 2. The molecule has 76 heavy (non-hydrogen) atoms. The first-order valence-electron chi connectivity index (χ1n) is 26.9. The predicted octanol–water partition coefficient (Wildman–Crippen LogP) is 20.6. The van der Waals surface area contributed by atoms with Gasteiger partial charge in [0.1, 0.15) is 0 Å². The molecule has 15 rings (SSSR count). The highest BCUT2D eigenvalue weighted by molar-refractivity contribution is 6.45. The number of nitrogens with zero attached hydrogens (tertiary/aromatic N) is 2. The van der Waals surface area contributed by atoms with Crippen molar-refractivity contribution >= 4 is 76.2 Å². The highest BCUT2D eigenvalue weighted by atomic mass is 14.9. The summed E-state index contributed by atoms with van der Waals surface area (Å²) < 4.78 is 5.18. The number of aromatic nitrogens is 2. The third kappa shape index (κ3) is 6.47. The summed E-state index contributed by atoms with van der Waals surface area (Å²) in [6.07, 6.45) is 0. The van der Waals surface area contributed by atoms with Crippen molar-refractivity contribution in [2.45, 2.75) is 52.4 Å². The van der Waals surface area contributed by atoms with Crippen LogP contribution in [0.15, 0.2) is 231 Å². The first-order valence-corrected chi connectivity index (χ1v) is 26.9. The third-order valence-electron chi connectivity index (χ3n) is 16.7. The fourth-order valence-electron chi connectivity index (χ4n) is 13.0. The minimum atomic E-state index is -0.0584. The van der Waals surface area contributed by atoms with Gasteiger partial charge >= 0.3 is 0 Å². The number of rotatable bonds is 6. The molecule has 0 unspecified atom stereocenters. The molecule has 11 aromatic carbocycles. The van der Waals surface area contributed by atoms with E-state index in [0.29, 0.717) is 0 Å². The second-order valence-corrected chi connectivity index (χ2v) is 23.2. The normalized spacial score (nSPS) is 12.6. The van der Waals surface area contributed by atoms with Crippen LogP contribution >= 0.6 is 0 Å². The highest BCUT2D eigenvalue weighted by Crippen LogP contribution is 2.54. The van der Waals surface area contributed by atoms with Crippen LogP contribution < -0.4 is 0 Å². The summed E-state index contributed by atoms with van der Waals surface area (Å²) in [6, 6.07) is 86.8. The Morgan fingerprint density at radius 2 is 0.526 bits per heavy atom. The Hall–Kier alpha value is -8.98. The lowest BCUT2D eigenvalue weighted by molar-refractivity contribution is 0.590. The van der Waals surface area contributed by atoms with Crippen molar-refractivity contribution in [1.29, 1.82) is 0 Å². The third-order valence-corrected chi connectivity index (χ3v) is 16.7. The molecule has 2 nitrogen and oxygen atoms in total. The van der Waals surface area contributed by atoms with Crippen LogP contribution in [-0.4, -0.2) is 8.80 Å². The lowest BCUT2D eigenvalue weighted by Crippen LogP contribution is -2.12. The Bertz CT molecular complexity index is 4340. The van der Waals surface area contributed by atoms with E-state index in [0.717, 1.165) is 0 Å². The molecule has 0 radical (unpaired) electrons. The Morgan fingerprint density at radius 1 is 0.250 bits per heavy atom. The van der Waals surface area contributed by atoms with Crippen molar-refractivity contribution in [2.75, 3.05) is 0 Å². The fourth-order valence-corrected chi connectivity index (χ4v) is 13.0. The van der Waals surface area contributed by atoms with Gasteiger partial charge in [-0.25, -0.2) is 0 Å². The topological polar surface area (TPSA) is 8.82 Å². The van der Waals surface area contributed by atoms with Crippen LogP contribution in [0.4, 0.5) is 0 Å². The van der Waals surface area contributed by atoms with Gasteiger partial charge in [-0.3, -0.25) is 0 Å². The summed E-state index contributed by atoms with van der Waals surface area (Å²) in [5.74, 6) is 0.